The Kier molecular flexibility index (Phi) is 6.29. The van der Waals surface area contributed by atoms with Crippen molar-refractivity contribution < 1.29 is 0 Å². The third kappa shape index (κ3) is 4.91. The number of nitrogens with one attached hydrogen (secondary N) is 2. The van der Waals surface area contributed by atoms with Gasteiger partial charge in [0.1, 0.15) is 0 Å². The first-order valence-corrected chi connectivity index (χ1v) is 6.65. The fourth-order valence-electron chi connectivity index (χ4n) is 2.10. The molecule has 1 aliphatic heterocycles. The quantitative estimate of drug-likeness (QED) is 0.223. The predicted molar refractivity (Wildman–Crippen MR) is 72.8 cm³/mol. The highest BCUT2D eigenvalue weighted by molar-refractivity contribution is 5.79. The van der Waals surface area contributed by atoms with E-state index in [0.717, 1.165) is 44.7 Å². The van der Waals surface area contributed by atoms with Crippen LogP contribution in [-0.4, -0.2) is 43.1 Å². The van der Waals surface area contributed by atoms with Crippen LogP contribution in [0.1, 0.15) is 39.5 Å². The fraction of sp³-hybridized carbons (Fsp3) is 0.917. The van der Waals surface area contributed by atoms with E-state index in [0.29, 0.717) is 12.1 Å². The highest BCUT2D eigenvalue weighted by Crippen LogP contribution is 2.14. The molecule has 0 aromatic rings. The van der Waals surface area contributed by atoms with Crippen molar-refractivity contribution in [2.45, 2.75) is 51.6 Å². The number of hydrogen-bond donors (Lipinski definition) is 3. The summed E-state index contributed by atoms with van der Waals surface area (Å²) in [5, 5.41) is 3.40. The number of hydrazine groups is 1. The summed E-state index contributed by atoms with van der Waals surface area (Å²) in [7, 11) is 2.18. The molecule has 1 rings (SSSR count). The maximum atomic E-state index is 5.48. The van der Waals surface area contributed by atoms with Crippen molar-refractivity contribution in [3.05, 3.63) is 0 Å². The second-order valence-corrected chi connectivity index (χ2v) is 4.92. The Morgan fingerprint density at radius 2 is 2.29 bits per heavy atom. The average molecular weight is 241 g/mol. The Morgan fingerprint density at radius 1 is 1.53 bits per heavy atom. The van der Waals surface area contributed by atoms with Gasteiger partial charge in [0.25, 0.3) is 0 Å². The first-order valence-electron chi connectivity index (χ1n) is 6.65. The van der Waals surface area contributed by atoms with Gasteiger partial charge in [0.05, 0.1) is 0 Å². The molecular weight excluding hydrogens is 214 g/mol. The molecule has 0 aromatic carbocycles. The zero-order chi connectivity index (χ0) is 12.7. The third-order valence-corrected chi connectivity index (χ3v) is 3.47. The molecule has 1 aliphatic rings. The molecular formula is C12H27N5. The molecule has 5 nitrogen and oxygen atoms in total. The summed E-state index contributed by atoms with van der Waals surface area (Å²) in [4.78, 5) is 6.82. The number of nitrogens with zero attached hydrogens (tertiary/aromatic N) is 2. The number of aliphatic imine (C=N–C) groups is 1. The summed E-state index contributed by atoms with van der Waals surface area (Å²) in [5.74, 6) is 6.22. The molecule has 0 amide bonds. The van der Waals surface area contributed by atoms with E-state index in [1.54, 1.807) is 0 Å². The molecule has 0 bridgehead atoms. The minimum Gasteiger partial charge on any atom is -0.352 e. The maximum absolute atomic E-state index is 5.48. The topological polar surface area (TPSA) is 65.7 Å². The zero-order valence-electron chi connectivity index (χ0n) is 11.4. The number of guanidine groups is 1. The van der Waals surface area contributed by atoms with E-state index in [9.17, 15) is 0 Å². The van der Waals surface area contributed by atoms with Gasteiger partial charge >= 0.3 is 0 Å². The summed E-state index contributed by atoms with van der Waals surface area (Å²) in [6, 6.07) is 1.11. The van der Waals surface area contributed by atoms with Gasteiger partial charge in [-0.3, -0.25) is 10.4 Å². The average Bonchev–Trinajstić information content (AvgIpc) is 2.32. The van der Waals surface area contributed by atoms with E-state index in [-0.39, 0.29) is 0 Å². The summed E-state index contributed by atoms with van der Waals surface area (Å²) >= 11 is 0. The van der Waals surface area contributed by atoms with Crippen molar-refractivity contribution in [1.29, 1.82) is 0 Å². The van der Waals surface area contributed by atoms with Gasteiger partial charge in [0, 0.05) is 25.2 Å². The molecule has 0 spiro atoms. The lowest BCUT2D eigenvalue weighted by Crippen LogP contribution is -2.52. The maximum Gasteiger partial charge on any atom is 0.205 e. The standard InChI is InChI=1S/C12H27N5/c1-4-5-7-14-12(16-13)15-11-6-8-17(3)10(2)9-11/h10-11H,4-9,13H2,1-3H3,(H2,14,15,16). The summed E-state index contributed by atoms with van der Waals surface area (Å²) in [6.45, 7) is 6.39. The Hall–Kier alpha value is -0.810. The summed E-state index contributed by atoms with van der Waals surface area (Å²) in [6.07, 6.45) is 4.56. The molecule has 0 aliphatic carbocycles. The van der Waals surface area contributed by atoms with E-state index in [2.05, 4.69) is 41.5 Å². The lowest BCUT2D eigenvalue weighted by Gasteiger charge is -2.35. The fourth-order valence-corrected chi connectivity index (χ4v) is 2.10. The third-order valence-electron chi connectivity index (χ3n) is 3.47. The summed E-state index contributed by atoms with van der Waals surface area (Å²) < 4.78 is 0. The molecule has 5 heteroatoms. The largest absolute Gasteiger partial charge is 0.352 e. The van der Waals surface area contributed by atoms with Gasteiger partial charge in [-0.15, -0.1) is 0 Å². The zero-order valence-corrected chi connectivity index (χ0v) is 11.4. The molecule has 1 fully saturated rings. The van der Waals surface area contributed by atoms with Crippen molar-refractivity contribution in [3.8, 4) is 0 Å². The van der Waals surface area contributed by atoms with Crippen molar-refractivity contribution in [3.63, 3.8) is 0 Å². The van der Waals surface area contributed by atoms with Crippen LogP contribution in [0.5, 0.6) is 0 Å². The monoisotopic (exact) mass is 241 g/mol. The molecule has 17 heavy (non-hydrogen) atoms. The van der Waals surface area contributed by atoms with E-state index in [4.69, 9.17) is 5.84 Å². The highest BCUT2D eigenvalue weighted by Gasteiger charge is 2.23. The minimum absolute atomic E-state index is 0.484. The lowest BCUT2D eigenvalue weighted by atomic mass is 9.99. The second kappa shape index (κ2) is 7.50. The molecule has 0 saturated carbocycles. The number of hydrogen-bond acceptors (Lipinski definition) is 3. The number of likely N-dealkylation sites (tertiary alicyclic amines) is 1. The number of nitrogens with two attached hydrogens (primary N) is 1. The molecule has 0 radical (unpaired) electrons. The number of unbranched alkanes of at least 4 members (excludes halogenated alkanes) is 1. The van der Waals surface area contributed by atoms with Crippen LogP contribution in [0.3, 0.4) is 0 Å². The molecule has 1 saturated heterocycles. The molecule has 2 unspecified atom stereocenters. The van der Waals surface area contributed by atoms with Gasteiger partial charge in [-0.05, 0) is 33.2 Å². The lowest BCUT2D eigenvalue weighted by molar-refractivity contribution is 0.176. The van der Waals surface area contributed by atoms with Gasteiger partial charge in [-0.25, -0.2) is 5.84 Å². The first kappa shape index (κ1) is 14.3. The SMILES string of the molecule is CCCCN=C(NN)NC1CCN(C)C(C)C1. The van der Waals surface area contributed by atoms with E-state index in [1.807, 2.05) is 0 Å². The number of piperidine rings is 1. The smallest absolute Gasteiger partial charge is 0.205 e. The first-order chi connectivity index (χ1) is 8.17. The Balaban J connectivity index is 2.37. The van der Waals surface area contributed by atoms with Crippen LogP contribution in [0.2, 0.25) is 0 Å². The Morgan fingerprint density at radius 3 is 2.88 bits per heavy atom. The van der Waals surface area contributed by atoms with Gasteiger partial charge in [0.15, 0.2) is 0 Å². The van der Waals surface area contributed by atoms with Gasteiger partial charge in [-0.1, -0.05) is 13.3 Å². The van der Waals surface area contributed by atoms with Gasteiger partial charge < -0.3 is 10.2 Å². The van der Waals surface area contributed by atoms with Gasteiger partial charge in [-0.2, -0.15) is 0 Å². The minimum atomic E-state index is 0.484. The van der Waals surface area contributed by atoms with Crippen molar-refractivity contribution in [1.82, 2.24) is 15.6 Å². The van der Waals surface area contributed by atoms with Crippen molar-refractivity contribution in [2.24, 2.45) is 10.8 Å². The van der Waals surface area contributed by atoms with Crippen molar-refractivity contribution in [2.75, 3.05) is 20.1 Å². The molecule has 4 N–H and O–H groups in total. The van der Waals surface area contributed by atoms with Crippen LogP contribution in [-0.2, 0) is 0 Å². The van der Waals surface area contributed by atoms with Crippen LogP contribution in [0, 0.1) is 0 Å². The van der Waals surface area contributed by atoms with Crippen LogP contribution in [0.4, 0.5) is 0 Å². The highest BCUT2D eigenvalue weighted by atomic mass is 15.3. The van der Waals surface area contributed by atoms with E-state index in [1.165, 1.54) is 0 Å². The van der Waals surface area contributed by atoms with Gasteiger partial charge in [0.2, 0.25) is 5.96 Å². The summed E-state index contributed by atoms with van der Waals surface area (Å²) in [5.41, 5.74) is 2.66. The normalized spacial score (nSPS) is 26.9. The Labute approximate surface area is 105 Å². The van der Waals surface area contributed by atoms with Crippen LogP contribution in [0.15, 0.2) is 4.99 Å². The van der Waals surface area contributed by atoms with Crippen LogP contribution >= 0.6 is 0 Å². The van der Waals surface area contributed by atoms with Crippen LogP contribution in [0.25, 0.3) is 0 Å². The van der Waals surface area contributed by atoms with E-state index >= 15 is 0 Å². The van der Waals surface area contributed by atoms with E-state index < -0.39 is 0 Å². The Bertz CT molecular complexity index is 241. The molecule has 100 valence electrons. The van der Waals surface area contributed by atoms with Crippen LogP contribution < -0.4 is 16.6 Å². The molecule has 1 heterocycles. The number of rotatable bonds is 4. The predicted octanol–water partition coefficient (Wildman–Crippen LogP) is 0.678. The second-order valence-electron chi connectivity index (χ2n) is 4.92. The molecule has 2 atom stereocenters. The molecule has 0 aromatic heterocycles. The van der Waals surface area contributed by atoms with Crippen molar-refractivity contribution >= 4 is 5.96 Å².